The summed E-state index contributed by atoms with van der Waals surface area (Å²) in [5, 5.41) is 8.00. The maximum atomic E-state index is 5.98. The summed E-state index contributed by atoms with van der Waals surface area (Å²) in [7, 11) is 0. The molecule has 17 heavy (non-hydrogen) atoms. The predicted molar refractivity (Wildman–Crippen MR) is 68.2 cm³/mol. The summed E-state index contributed by atoms with van der Waals surface area (Å²) in [5.74, 6) is -0.190. The molecule has 0 fully saturated rings. The minimum absolute atomic E-state index is 0.0387. The van der Waals surface area contributed by atoms with Gasteiger partial charge in [-0.3, -0.25) is 5.10 Å². The molecule has 0 aliphatic rings. The Morgan fingerprint density at radius 1 is 1.29 bits per heavy atom. The van der Waals surface area contributed by atoms with E-state index in [0.29, 0.717) is 16.2 Å². The maximum absolute atomic E-state index is 5.98. The molecule has 0 spiro atoms. The molecule has 8 heteroatoms. The van der Waals surface area contributed by atoms with Gasteiger partial charge >= 0.3 is 0 Å². The van der Waals surface area contributed by atoms with E-state index in [1.54, 1.807) is 18.3 Å². The third-order valence-corrected chi connectivity index (χ3v) is 2.35. The summed E-state index contributed by atoms with van der Waals surface area (Å²) >= 11 is 5.98. The zero-order valence-electron chi connectivity index (χ0n) is 8.68. The number of aliphatic imine (C=N–C) groups is 2. The van der Waals surface area contributed by atoms with Crippen molar-refractivity contribution < 1.29 is 0 Å². The number of H-pyrrole nitrogens is 1. The molecule has 1 aromatic heterocycles. The summed E-state index contributed by atoms with van der Waals surface area (Å²) in [5.41, 5.74) is 17.2. The average Bonchev–Trinajstić information content (AvgIpc) is 2.70. The standard InChI is InChI=1S/C9H10ClN7/c10-5-1-2-6(7-4(5)3-14-17-7)15-9(13)16-8(11)12/h1-3H,(H,14,17)(H6,11,12,13,15,16). The smallest absolute Gasteiger partial charge is 0.223 e. The van der Waals surface area contributed by atoms with Gasteiger partial charge in [-0.1, -0.05) is 11.6 Å². The van der Waals surface area contributed by atoms with Crippen LogP contribution in [0.5, 0.6) is 0 Å². The molecule has 2 rings (SSSR count). The van der Waals surface area contributed by atoms with Crippen molar-refractivity contribution in [1.29, 1.82) is 0 Å². The number of hydrogen-bond donors (Lipinski definition) is 4. The van der Waals surface area contributed by atoms with Crippen LogP contribution in [0.4, 0.5) is 5.69 Å². The molecule has 7 N–H and O–H groups in total. The van der Waals surface area contributed by atoms with Crippen molar-refractivity contribution in [2.24, 2.45) is 27.2 Å². The zero-order chi connectivity index (χ0) is 12.4. The van der Waals surface area contributed by atoms with Crippen molar-refractivity contribution in [2.45, 2.75) is 0 Å². The monoisotopic (exact) mass is 251 g/mol. The van der Waals surface area contributed by atoms with E-state index in [9.17, 15) is 0 Å². The molecule has 1 aromatic carbocycles. The fourth-order valence-corrected chi connectivity index (χ4v) is 1.57. The lowest BCUT2D eigenvalue weighted by molar-refractivity contribution is 1.12. The number of nitrogens with zero attached hydrogens (tertiary/aromatic N) is 3. The first kappa shape index (κ1) is 11.2. The van der Waals surface area contributed by atoms with E-state index in [1.165, 1.54) is 0 Å². The lowest BCUT2D eigenvalue weighted by atomic mass is 10.2. The second-order valence-corrected chi connectivity index (χ2v) is 3.64. The SMILES string of the molecule is NC(N)=NC(N)=Nc1ccc(Cl)c2cn[nH]c12. The normalized spacial score (nSPS) is 11.7. The van der Waals surface area contributed by atoms with Crippen molar-refractivity contribution in [3.63, 3.8) is 0 Å². The summed E-state index contributed by atoms with van der Waals surface area (Å²) in [6.07, 6.45) is 1.60. The number of hydrogen-bond acceptors (Lipinski definition) is 2. The minimum atomic E-state index is -0.152. The molecular weight excluding hydrogens is 242 g/mol. The molecule has 0 atom stereocenters. The summed E-state index contributed by atoms with van der Waals surface area (Å²) in [4.78, 5) is 7.68. The largest absolute Gasteiger partial charge is 0.370 e. The highest BCUT2D eigenvalue weighted by molar-refractivity contribution is 6.35. The van der Waals surface area contributed by atoms with E-state index >= 15 is 0 Å². The van der Waals surface area contributed by atoms with E-state index in [1.807, 2.05) is 0 Å². The van der Waals surface area contributed by atoms with Crippen LogP contribution < -0.4 is 17.2 Å². The molecule has 0 bridgehead atoms. The molecular formula is C9H10ClN7. The van der Waals surface area contributed by atoms with E-state index < -0.39 is 0 Å². The lowest BCUT2D eigenvalue weighted by Crippen LogP contribution is -2.26. The van der Waals surface area contributed by atoms with Crippen LogP contribution in [0.15, 0.2) is 28.3 Å². The number of fused-ring (bicyclic) bond motifs is 1. The van der Waals surface area contributed by atoms with E-state index in [4.69, 9.17) is 28.8 Å². The van der Waals surface area contributed by atoms with Gasteiger partial charge in [0.25, 0.3) is 0 Å². The first-order valence-corrected chi connectivity index (χ1v) is 5.01. The molecule has 2 aromatic rings. The van der Waals surface area contributed by atoms with Crippen molar-refractivity contribution in [2.75, 3.05) is 0 Å². The first-order valence-electron chi connectivity index (χ1n) is 4.63. The molecule has 0 saturated heterocycles. The van der Waals surface area contributed by atoms with Gasteiger partial charge in [-0.25, -0.2) is 4.99 Å². The molecule has 0 saturated carbocycles. The maximum Gasteiger partial charge on any atom is 0.223 e. The quantitative estimate of drug-likeness (QED) is 0.432. The average molecular weight is 252 g/mol. The van der Waals surface area contributed by atoms with Gasteiger partial charge in [0, 0.05) is 5.39 Å². The van der Waals surface area contributed by atoms with Crippen LogP contribution in [0.1, 0.15) is 0 Å². The number of benzene rings is 1. The number of aromatic nitrogens is 2. The summed E-state index contributed by atoms with van der Waals surface area (Å²) in [6.45, 7) is 0. The van der Waals surface area contributed by atoms with E-state index in [2.05, 4.69) is 20.2 Å². The van der Waals surface area contributed by atoms with Crippen molar-refractivity contribution in [3.8, 4) is 0 Å². The molecule has 88 valence electrons. The van der Waals surface area contributed by atoms with Crippen molar-refractivity contribution in [3.05, 3.63) is 23.4 Å². The molecule has 0 aliphatic heterocycles. The van der Waals surface area contributed by atoms with Crippen LogP contribution in [-0.4, -0.2) is 22.1 Å². The summed E-state index contributed by atoms with van der Waals surface area (Å²) in [6, 6.07) is 3.39. The van der Waals surface area contributed by atoms with Crippen LogP contribution in [0.3, 0.4) is 0 Å². The Morgan fingerprint density at radius 3 is 2.76 bits per heavy atom. The Labute approximate surface area is 101 Å². The second kappa shape index (κ2) is 4.30. The van der Waals surface area contributed by atoms with Gasteiger partial charge in [0.1, 0.15) is 0 Å². The fourth-order valence-electron chi connectivity index (χ4n) is 1.36. The molecule has 0 amide bonds. The topological polar surface area (TPSA) is 131 Å². The number of nitrogens with one attached hydrogen (secondary N) is 1. The number of nitrogens with two attached hydrogens (primary N) is 3. The highest BCUT2D eigenvalue weighted by Crippen LogP contribution is 2.29. The molecule has 7 nitrogen and oxygen atoms in total. The minimum Gasteiger partial charge on any atom is -0.370 e. The van der Waals surface area contributed by atoms with Crippen LogP contribution >= 0.6 is 11.6 Å². The predicted octanol–water partition coefficient (Wildman–Crippen LogP) is 0.436. The number of halogens is 1. The molecule has 0 unspecified atom stereocenters. The Hall–Kier alpha value is -2.28. The third-order valence-electron chi connectivity index (χ3n) is 2.02. The van der Waals surface area contributed by atoms with Gasteiger partial charge in [-0.05, 0) is 12.1 Å². The Balaban J connectivity index is 2.54. The second-order valence-electron chi connectivity index (χ2n) is 3.23. The van der Waals surface area contributed by atoms with Crippen molar-refractivity contribution >= 4 is 40.1 Å². The van der Waals surface area contributed by atoms with Gasteiger partial charge < -0.3 is 17.2 Å². The highest BCUT2D eigenvalue weighted by Gasteiger charge is 2.06. The molecule has 1 heterocycles. The van der Waals surface area contributed by atoms with Gasteiger partial charge in [0.2, 0.25) is 5.96 Å². The number of rotatable bonds is 1. The molecule has 0 aliphatic carbocycles. The number of aromatic amines is 1. The zero-order valence-corrected chi connectivity index (χ0v) is 9.44. The lowest BCUT2D eigenvalue weighted by Gasteiger charge is -1.99. The van der Waals surface area contributed by atoms with Crippen molar-refractivity contribution in [1.82, 2.24) is 10.2 Å². The van der Waals surface area contributed by atoms with Gasteiger partial charge in [0.05, 0.1) is 22.4 Å². The van der Waals surface area contributed by atoms with Crippen LogP contribution in [-0.2, 0) is 0 Å². The Morgan fingerprint density at radius 2 is 2.06 bits per heavy atom. The Bertz CT molecular complexity index is 609. The van der Waals surface area contributed by atoms with Crippen LogP contribution in [0.25, 0.3) is 10.9 Å². The summed E-state index contributed by atoms with van der Waals surface area (Å²) < 4.78 is 0. The highest BCUT2D eigenvalue weighted by atomic mass is 35.5. The Kier molecular flexibility index (Phi) is 2.84. The fraction of sp³-hybridized carbons (Fsp3) is 0. The first-order chi connectivity index (χ1) is 8.08. The van der Waals surface area contributed by atoms with Gasteiger partial charge in [-0.15, -0.1) is 0 Å². The third kappa shape index (κ3) is 2.28. The van der Waals surface area contributed by atoms with Gasteiger partial charge in [-0.2, -0.15) is 10.1 Å². The van der Waals surface area contributed by atoms with Crippen LogP contribution in [0, 0.1) is 0 Å². The molecule has 0 radical (unpaired) electrons. The van der Waals surface area contributed by atoms with Crippen LogP contribution in [0.2, 0.25) is 5.02 Å². The van der Waals surface area contributed by atoms with Gasteiger partial charge in [0.15, 0.2) is 5.96 Å². The number of guanidine groups is 2. The van der Waals surface area contributed by atoms with E-state index in [-0.39, 0.29) is 11.9 Å². The van der Waals surface area contributed by atoms with E-state index in [0.717, 1.165) is 5.39 Å².